The van der Waals surface area contributed by atoms with Crippen molar-refractivity contribution in [3.8, 4) is 5.75 Å². The first-order valence-electron chi connectivity index (χ1n) is 9.35. The van der Waals surface area contributed by atoms with Crippen molar-refractivity contribution >= 4 is 23.2 Å². The van der Waals surface area contributed by atoms with Crippen LogP contribution in [0.4, 0.5) is 15.8 Å². The highest BCUT2D eigenvalue weighted by molar-refractivity contribution is 5.91. The Bertz CT molecular complexity index is 836. The average molecular weight is 401 g/mol. The summed E-state index contributed by atoms with van der Waals surface area (Å²) in [7, 11) is 1.64. The van der Waals surface area contributed by atoms with E-state index in [4.69, 9.17) is 9.47 Å². The van der Waals surface area contributed by atoms with Gasteiger partial charge in [-0.3, -0.25) is 9.59 Å². The average Bonchev–Trinajstić information content (AvgIpc) is 2.75. The largest absolute Gasteiger partial charge is 0.495 e. The van der Waals surface area contributed by atoms with Crippen LogP contribution in [0.3, 0.4) is 0 Å². The van der Waals surface area contributed by atoms with Crippen LogP contribution in [0, 0.1) is 5.82 Å². The van der Waals surface area contributed by atoms with E-state index in [1.807, 2.05) is 24.3 Å². The fourth-order valence-corrected chi connectivity index (χ4v) is 3.14. The minimum absolute atomic E-state index is 0.153. The van der Waals surface area contributed by atoms with Crippen molar-refractivity contribution in [1.29, 1.82) is 0 Å². The highest BCUT2D eigenvalue weighted by Gasteiger charge is 2.23. The van der Waals surface area contributed by atoms with Gasteiger partial charge in [-0.15, -0.1) is 0 Å². The number of nitrogens with zero attached hydrogens (tertiary/aromatic N) is 2. The third kappa shape index (κ3) is 5.68. The first-order valence-corrected chi connectivity index (χ1v) is 9.35. The zero-order valence-electron chi connectivity index (χ0n) is 16.3. The number of halogens is 1. The predicted octanol–water partition coefficient (Wildman–Crippen LogP) is 2.14. The second-order valence-corrected chi connectivity index (χ2v) is 6.59. The molecule has 1 aliphatic rings. The third-order valence-corrected chi connectivity index (χ3v) is 4.64. The number of rotatable bonds is 7. The number of benzene rings is 2. The van der Waals surface area contributed by atoms with Crippen molar-refractivity contribution in [2.45, 2.75) is 0 Å². The number of anilines is 2. The molecule has 1 N–H and O–H groups in total. The lowest BCUT2D eigenvalue weighted by molar-refractivity contribution is -0.137. The van der Waals surface area contributed by atoms with Crippen LogP contribution in [0.1, 0.15) is 0 Å². The summed E-state index contributed by atoms with van der Waals surface area (Å²) in [6.07, 6.45) is 0. The Balaban J connectivity index is 1.39. The minimum atomic E-state index is -0.398. The molecule has 7 nitrogen and oxygen atoms in total. The van der Waals surface area contributed by atoms with Crippen molar-refractivity contribution in [3.05, 3.63) is 54.3 Å². The number of para-hydroxylation sites is 2. The van der Waals surface area contributed by atoms with Crippen LogP contribution >= 0.6 is 0 Å². The Hall–Kier alpha value is -3.13. The molecule has 2 aromatic carbocycles. The van der Waals surface area contributed by atoms with Crippen LogP contribution in [0.15, 0.2) is 48.5 Å². The standard InChI is InChI=1S/C21H24FN3O4/c1-28-19-5-3-2-4-18(19)24-10-12-25(13-11-24)21(27)15-29-14-20(26)23-17-8-6-16(22)7-9-17/h2-9H,10-15H2,1H3,(H,23,26). The molecule has 8 heteroatoms. The molecule has 154 valence electrons. The van der Waals surface area contributed by atoms with Crippen LogP contribution in [0.5, 0.6) is 5.75 Å². The van der Waals surface area contributed by atoms with Gasteiger partial charge in [0.05, 0.1) is 12.8 Å². The number of carbonyl (C=O) groups excluding carboxylic acids is 2. The monoisotopic (exact) mass is 401 g/mol. The highest BCUT2D eigenvalue weighted by Crippen LogP contribution is 2.28. The van der Waals surface area contributed by atoms with Crippen LogP contribution in [0.2, 0.25) is 0 Å². The van der Waals surface area contributed by atoms with Gasteiger partial charge in [0.15, 0.2) is 0 Å². The van der Waals surface area contributed by atoms with E-state index < -0.39 is 5.91 Å². The van der Waals surface area contributed by atoms with Crippen molar-refractivity contribution in [2.24, 2.45) is 0 Å². The lowest BCUT2D eigenvalue weighted by Crippen LogP contribution is -2.50. The van der Waals surface area contributed by atoms with Crippen molar-refractivity contribution in [1.82, 2.24) is 4.90 Å². The number of hydrogen-bond donors (Lipinski definition) is 1. The molecule has 0 bridgehead atoms. The number of hydrogen-bond acceptors (Lipinski definition) is 5. The zero-order chi connectivity index (χ0) is 20.6. The Kier molecular flexibility index (Phi) is 7.02. The molecule has 0 atom stereocenters. The molecule has 29 heavy (non-hydrogen) atoms. The number of ether oxygens (including phenoxy) is 2. The summed E-state index contributed by atoms with van der Waals surface area (Å²) in [5, 5.41) is 2.58. The van der Waals surface area contributed by atoms with Crippen LogP contribution in [-0.2, 0) is 14.3 Å². The summed E-state index contributed by atoms with van der Waals surface area (Å²) in [6, 6.07) is 13.2. The van der Waals surface area contributed by atoms with E-state index in [0.717, 1.165) is 11.4 Å². The topological polar surface area (TPSA) is 71.1 Å². The molecule has 0 radical (unpaired) electrons. The SMILES string of the molecule is COc1ccccc1N1CCN(C(=O)COCC(=O)Nc2ccc(F)cc2)CC1. The summed E-state index contributed by atoms with van der Waals surface area (Å²) >= 11 is 0. The third-order valence-electron chi connectivity index (χ3n) is 4.64. The maximum absolute atomic E-state index is 12.9. The van der Waals surface area contributed by atoms with Crippen LogP contribution in [-0.4, -0.2) is 63.2 Å². The summed E-state index contributed by atoms with van der Waals surface area (Å²) in [5.74, 6) is -0.122. The van der Waals surface area contributed by atoms with E-state index >= 15 is 0 Å². The number of methoxy groups -OCH3 is 1. The van der Waals surface area contributed by atoms with Gasteiger partial charge in [-0.1, -0.05) is 12.1 Å². The van der Waals surface area contributed by atoms with Gasteiger partial charge in [0.1, 0.15) is 24.8 Å². The van der Waals surface area contributed by atoms with Gasteiger partial charge in [-0.2, -0.15) is 0 Å². The Morgan fingerprint density at radius 1 is 1.00 bits per heavy atom. The molecule has 0 saturated carbocycles. The van der Waals surface area contributed by atoms with Gasteiger partial charge in [0.2, 0.25) is 11.8 Å². The number of piperazine rings is 1. The maximum Gasteiger partial charge on any atom is 0.250 e. The molecule has 1 fully saturated rings. The molecule has 3 rings (SSSR count). The van der Waals surface area contributed by atoms with Gasteiger partial charge in [0.25, 0.3) is 0 Å². The van der Waals surface area contributed by atoms with E-state index in [2.05, 4.69) is 10.2 Å². The summed E-state index contributed by atoms with van der Waals surface area (Å²) in [5.41, 5.74) is 1.48. The van der Waals surface area contributed by atoms with Gasteiger partial charge in [-0.25, -0.2) is 4.39 Å². The number of amides is 2. The van der Waals surface area contributed by atoms with Crippen molar-refractivity contribution in [2.75, 3.05) is 56.7 Å². The molecule has 2 amide bonds. The van der Waals surface area contributed by atoms with E-state index in [1.165, 1.54) is 24.3 Å². The summed E-state index contributed by atoms with van der Waals surface area (Å²) in [4.78, 5) is 28.1. The van der Waals surface area contributed by atoms with Crippen molar-refractivity contribution in [3.63, 3.8) is 0 Å². The van der Waals surface area contributed by atoms with E-state index in [1.54, 1.807) is 12.0 Å². The minimum Gasteiger partial charge on any atom is -0.495 e. The smallest absolute Gasteiger partial charge is 0.250 e. The molecular weight excluding hydrogens is 377 g/mol. The summed E-state index contributed by atoms with van der Waals surface area (Å²) in [6.45, 7) is 2.12. The number of nitrogens with one attached hydrogen (secondary N) is 1. The lowest BCUT2D eigenvalue weighted by atomic mass is 10.2. The fourth-order valence-electron chi connectivity index (χ4n) is 3.14. The Morgan fingerprint density at radius 2 is 1.69 bits per heavy atom. The van der Waals surface area contributed by atoms with Crippen LogP contribution in [0.25, 0.3) is 0 Å². The Morgan fingerprint density at radius 3 is 2.38 bits per heavy atom. The lowest BCUT2D eigenvalue weighted by Gasteiger charge is -2.36. The van der Waals surface area contributed by atoms with Gasteiger partial charge in [0, 0.05) is 31.9 Å². The molecule has 1 aliphatic heterocycles. The quantitative estimate of drug-likeness (QED) is 0.770. The first-order chi connectivity index (χ1) is 14.1. The molecule has 1 heterocycles. The zero-order valence-corrected chi connectivity index (χ0v) is 16.3. The molecule has 1 saturated heterocycles. The van der Waals surface area contributed by atoms with E-state index in [-0.39, 0.29) is 24.9 Å². The van der Waals surface area contributed by atoms with Gasteiger partial charge < -0.3 is 24.6 Å². The molecule has 2 aromatic rings. The molecule has 0 aliphatic carbocycles. The van der Waals surface area contributed by atoms with E-state index in [9.17, 15) is 14.0 Å². The Labute approximate surface area is 169 Å². The molecule has 0 unspecified atom stereocenters. The van der Waals surface area contributed by atoms with Gasteiger partial charge >= 0.3 is 0 Å². The van der Waals surface area contributed by atoms with Gasteiger partial charge in [-0.05, 0) is 36.4 Å². The highest BCUT2D eigenvalue weighted by atomic mass is 19.1. The molecule has 0 aromatic heterocycles. The predicted molar refractivity (Wildman–Crippen MR) is 108 cm³/mol. The van der Waals surface area contributed by atoms with Crippen LogP contribution < -0.4 is 15.0 Å². The maximum atomic E-state index is 12.9. The number of carbonyl (C=O) groups is 2. The fraction of sp³-hybridized carbons (Fsp3) is 0.333. The van der Waals surface area contributed by atoms with E-state index in [0.29, 0.717) is 31.9 Å². The second kappa shape index (κ2) is 9.88. The second-order valence-electron chi connectivity index (χ2n) is 6.59. The molecular formula is C21H24FN3O4. The normalized spacial score (nSPS) is 13.9. The van der Waals surface area contributed by atoms with Crippen molar-refractivity contribution < 1.29 is 23.5 Å². The first kappa shape index (κ1) is 20.6. The molecule has 0 spiro atoms. The summed E-state index contributed by atoms with van der Waals surface area (Å²) < 4.78 is 23.5.